The summed E-state index contributed by atoms with van der Waals surface area (Å²) in [6, 6.07) is 0.923. The van der Waals surface area contributed by atoms with Crippen LogP contribution in [0, 0.1) is 0 Å². The lowest BCUT2D eigenvalue weighted by Gasteiger charge is -2.37. The fourth-order valence-electron chi connectivity index (χ4n) is 2.30. The first-order valence-corrected chi connectivity index (χ1v) is 4.88. The van der Waals surface area contributed by atoms with Crippen molar-refractivity contribution in [3.05, 3.63) is 0 Å². The summed E-state index contributed by atoms with van der Waals surface area (Å²) in [5.74, 6) is 0. The van der Waals surface area contributed by atoms with E-state index in [1.165, 1.54) is 0 Å². The topological polar surface area (TPSA) is 3.24 Å². The second-order valence-electron chi connectivity index (χ2n) is 4.45. The number of halogens is 1. The highest BCUT2D eigenvalue weighted by atomic mass is 19.1. The van der Waals surface area contributed by atoms with Crippen molar-refractivity contribution in [2.45, 2.75) is 58.2 Å². The first kappa shape index (κ1) is 9.97. The lowest BCUT2D eigenvalue weighted by Crippen LogP contribution is -2.48. The van der Waals surface area contributed by atoms with Gasteiger partial charge in [-0.2, -0.15) is 0 Å². The summed E-state index contributed by atoms with van der Waals surface area (Å²) in [5, 5.41) is 0. The Balaban J connectivity index is 2.66. The molecule has 0 N–H and O–H groups in total. The van der Waals surface area contributed by atoms with Crippen LogP contribution in [0.1, 0.15) is 40.5 Å². The van der Waals surface area contributed by atoms with E-state index in [9.17, 15) is 4.39 Å². The molecule has 1 nitrogen and oxygen atoms in total. The molecule has 12 heavy (non-hydrogen) atoms. The molecular formula is C10H20FN. The maximum atomic E-state index is 12.8. The summed E-state index contributed by atoms with van der Waals surface area (Å²) in [4.78, 5) is 2.31. The van der Waals surface area contributed by atoms with E-state index in [1.54, 1.807) is 0 Å². The van der Waals surface area contributed by atoms with Gasteiger partial charge in [0.05, 0.1) is 0 Å². The van der Waals surface area contributed by atoms with Crippen LogP contribution >= 0.6 is 0 Å². The van der Waals surface area contributed by atoms with E-state index in [4.69, 9.17) is 0 Å². The Kier molecular flexibility index (Phi) is 2.77. The molecule has 2 heteroatoms. The van der Waals surface area contributed by atoms with Gasteiger partial charge in [0.2, 0.25) is 0 Å². The van der Waals surface area contributed by atoms with Gasteiger partial charge in [0, 0.05) is 17.6 Å². The predicted octanol–water partition coefficient (Wildman–Crippen LogP) is 2.61. The molecule has 0 amide bonds. The van der Waals surface area contributed by atoms with E-state index >= 15 is 0 Å². The predicted molar refractivity (Wildman–Crippen MR) is 50.1 cm³/mol. The maximum absolute atomic E-state index is 12.8. The normalized spacial score (nSPS) is 21.0. The third kappa shape index (κ3) is 1.63. The molecule has 0 spiro atoms. The third-order valence-electron chi connectivity index (χ3n) is 2.74. The fraction of sp³-hybridized carbons (Fsp3) is 1.00. The quantitative estimate of drug-likeness (QED) is 0.631. The minimum atomic E-state index is -0.177. The minimum absolute atomic E-state index is 0.0810. The SMILES string of the molecule is CC(C)N(C(C)C)C1(CF)CC1. The van der Waals surface area contributed by atoms with Crippen LogP contribution in [0.4, 0.5) is 4.39 Å². The van der Waals surface area contributed by atoms with Crippen molar-refractivity contribution < 1.29 is 4.39 Å². The Bertz CT molecular complexity index is 142. The Morgan fingerprint density at radius 3 is 1.67 bits per heavy atom. The zero-order valence-corrected chi connectivity index (χ0v) is 8.60. The second kappa shape index (κ2) is 3.33. The maximum Gasteiger partial charge on any atom is 0.108 e. The molecule has 72 valence electrons. The van der Waals surface area contributed by atoms with Crippen molar-refractivity contribution >= 4 is 0 Å². The largest absolute Gasteiger partial charge is 0.290 e. The number of alkyl halides is 1. The molecule has 0 bridgehead atoms. The van der Waals surface area contributed by atoms with Crippen molar-refractivity contribution in [3.63, 3.8) is 0 Å². The average Bonchev–Trinajstić information content (AvgIpc) is 2.68. The van der Waals surface area contributed by atoms with E-state index in [0.717, 1.165) is 12.8 Å². The van der Waals surface area contributed by atoms with Crippen molar-refractivity contribution in [3.8, 4) is 0 Å². The summed E-state index contributed by atoms with van der Waals surface area (Å²) >= 11 is 0. The Hall–Kier alpha value is -0.110. The summed E-state index contributed by atoms with van der Waals surface area (Å²) in [6.45, 7) is 8.42. The molecule has 0 aromatic rings. The van der Waals surface area contributed by atoms with Gasteiger partial charge >= 0.3 is 0 Å². The van der Waals surface area contributed by atoms with Gasteiger partial charge in [-0.1, -0.05) is 0 Å². The van der Waals surface area contributed by atoms with Crippen molar-refractivity contribution in [1.29, 1.82) is 0 Å². The Morgan fingerprint density at radius 2 is 1.58 bits per heavy atom. The molecule has 0 aromatic carbocycles. The van der Waals surface area contributed by atoms with Gasteiger partial charge in [0.25, 0.3) is 0 Å². The van der Waals surface area contributed by atoms with E-state index < -0.39 is 0 Å². The monoisotopic (exact) mass is 173 g/mol. The molecule has 0 atom stereocenters. The van der Waals surface area contributed by atoms with Crippen molar-refractivity contribution in [2.75, 3.05) is 6.67 Å². The molecule has 0 radical (unpaired) electrons. The summed E-state index contributed by atoms with van der Waals surface area (Å²) in [6.07, 6.45) is 2.08. The van der Waals surface area contributed by atoms with Crippen LogP contribution in [-0.4, -0.2) is 29.2 Å². The summed E-state index contributed by atoms with van der Waals surface area (Å²) in [7, 11) is 0. The van der Waals surface area contributed by atoms with Gasteiger partial charge in [0.15, 0.2) is 0 Å². The highest BCUT2D eigenvalue weighted by Gasteiger charge is 2.49. The van der Waals surface area contributed by atoms with Gasteiger partial charge in [-0.05, 0) is 40.5 Å². The number of nitrogens with zero attached hydrogens (tertiary/aromatic N) is 1. The molecule has 0 heterocycles. The average molecular weight is 173 g/mol. The lowest BCUT2D eigenvalue weighted by atomic mass is 10.1. The smallest absolute Gasteiger partial charge is 0.108 e. The highest BCUT2D eigenvalue weighted by molar-refractivity contribution is 5.05. The van der Waals surface area contributed by atoms with Crippen LogP contribution in [0.5, 0.6) is 0 Å². The van der Waals surface area contributed by atoms with E-state index in [-0.39, 0.29) is 12.2 Å². The van der Waals surface area contributed by atoms with Crippen LogP contribution in [-0.2, 0) is 0 Å². The molecule has 1 fully saturated rings. The zero-order valence-electron chi connectivity index (χ0n) is 8.60. The highest BCUT2D eigenvalue weighted by Crippen LogP contribution is 2.44. The van der Waals surface area contributed by atoms with E-state index in [2.05, 4.69) is 32.6 Å². The van der Waals surface area contributed by atoms with Gasteiger partial charge in [0.1, 0.15) is 6.67 Å². The van der Waals surface area contributed by atoms with Gasteiger partial charge < -0.3 is 0 Å². The standard InChI is InChI=1S/C10H20FN/c1-8(2)12(9(3)4)10(7-11)5-6-10/h8-9H,5-7H2,1-4H3. The van der Waals surface area contributed by atoms with Gasteiger partial charge in [-0.3, -0.25) is 4.90 Å². The van der Waals surface area contributed by atoms with Crippen molar-refractivity contribution in [1.82, 2.24) is 4.90 Å². The molecule has 1 saturated carbocycles. The Labute approximate surface area is 74.9 Å². The molecule has 1 aliphatic carbocycles. The lowest BCUT2D eigenvalue weighted by molar-refractivity contribution is 0.0764. The summed E-state index contributed by atoms with van der Waals surface area (Å²) < 4.78 is 12.8. The molecule has 1 rings (SSSR count). The van der Waals surface area contributed by atoms with E-state index in [0.29, 0.717) is 12.1 Å². The van der Waals surface area contributed by atoms with Crippen LogP contribution in [0.15, 0.2) is 0 Å². The van der Waals surface area contributed by atoms with E-state index in [1.807, 2.05) is 0 Å². The second-order valence-corrected chi connectivity index (χ2v) is 4.45. The molecule has 0 saturated heterocycles. The van der Waals surface area contributed by atoms with Gasteiger partial charge in [-0.15, -0.1) is 0 Å². The van der Waals surface area contributed by atoms with Crippen LogP contribution in [0.3, 0.4) is 0 Å². The zero-order chi connectivity index (χ0) is 9.35. The first-order chi connectivity index (χ1) is 5.53. The molecule has 0 unspecified atom stereocenters. The number of rotatable bonds is 4. The van der Waals surface area contributed by atoms with Crippen LogP contribution < -0.4 is 0 Å². The molecular weight excluding hydrogens is 153 g/mol. The summed E-state index contributed by atoms with van der Waals surface area (Å²) in [5.41, 5.74) is -0.0810. The fourth-order valence-corrected chi connectivity index (χ4v) is 2.30. The van der Waals surface area contributed by atoms with Crippen molar-refractivity contribution in [2.24, 2.45) is 0 Å². The van der Waals surface area contributed by atoms with Crippen LogP contribution in [0.2, 0.25) is 0 Å². The molecule has 0 aromatic heterocycles. The Morgan fingerprint density at radius 1 is 1.17 bits per heavy atom. The minimum Gasteiger partial charge on any atom is -0.290 e. The van der Waals surface area contributed by atoms with Crippen LogP contribution in [0.25, 0.3) is 0 Å². The molecule has 1 aliphatic rings. The third-order valence-corrected chi connectivity index (χ3v) is 2.74. The number of hydrogen-bond acceptors (Lipinski definition) is 1. The molecule has 0 aliphatic heterocycles. The number of hydrogen-bond donors (Lipinski definition) is 0. The first-order valence-electron chi connectivity index (χ1n) is 4.88. The van der Waals surface area contributed by atoms with Gasteiger partial charge in [-0.25, -0.2) is 4.39 Å².